The highest BCUT2D eigenvalue weighted by molar-refractivity contribution is 5.62. The van der Waals surface area contributed by atoms with Gasteiger partial charge in [-0.25, -0.2) is 18.9 Å². The van der Waals surface area contributed by atoms with Crippen molar-refractivity contribution in [2.75, 3.05) is 23.3 Å². The number of hydrogen-bond acceptors (Lipinski definition) is 6. The van der Waals surface area contributed by atoms with Crippen molar-refractivity contribution in [1.29, 1.82) is 0 Å². The van der Waals surface area contributed by atoms with Gasteiger partial charge in [-0.1, -0.05) is 32.0 Å². The molecular formula is C28H33FN6O. The first-order valence-corrected chi connectivity index (χ1v) is 12.8. The Hall–Kier alpha value is -3.52. The maximum absolute atomic E-state index is 13.9. The van der Waals surface area contributed by atoms with Gasteiger partial charge in [0.1, 0.15) is 23.1 Å². The van der Waals surface area contributed by atoms with Gasteiger partial charge < -0.3 is 15.3 Å². The Morgan fingerprint density at radius 1 is 1.11 bits per heavy atom. The van der Waals surface area contributed by atoms with Crippen LogP contribution in [0.3, 0.4) is 0 Å². The number of rotatable bonds is 9. The van der Waals surface area contributed by atoms with Gasteiger partial charge in [0.05, 0.1) is 23.5 Å². The molecule has 0 aliphatic carbocycles. The molecule has 4 heterocycles. The lowest BCUT2D eigenvalue weighted by Gasteiger charge is -2.26. The van der Waals surface area contributed by atoms with Crippen LogP contribution in [-0.4, -0.2) is 43.4 Å². The van der Waals surface area contributed by atoms with E-state index in [1.807, 2.05) is 54.8 Å². The minimum absolute atomic E-state index is 0.0909. The fraction of sp³-hybridized carbons (Fsp3) is 0.393. The number of pyridine rings is 1. The highest BCUT2D eigenvalue weighted by Crippen LogP contribution is 2.35. The van der Waals surface area contributed by atoms with Crippen LogP contribution in [0.15, 0.2) is 60.8 Å². The van der Waals surface area contributed by atoms with Gasteiger partial charge in [-0.2, -0.15) is 0 Å². The summed E-state index contributed by atoms with van der Waals surface area (Å²) in [7, 11) is 0. The van der Waals surface area contributed by atoms with Crippen molar-refractivity contribution in [2.24, 2.45) is 0 Å². The summed E-state index contributed by atoms with van der Waals surface area (Å²) in [4.78, 5) is 11.6. The van der Waals surface area contributed by atoms with Gasteiger partial charge in [-0.15, -0.1) is 5.10 Å². The Balaban J connectivity index is 1.40. The lowest BCUT2D eigenvalue weighted by molar-refractivity contribution is 0.0271. The molecule has 0 radical (unpaired) electrons. The third kappa shape index (κ3) is 4.91. The number of hydrogen-bond donors (Lipinski definition) is 2. The summed E-state index contributed by atoms with van der Waals surface area (Å²) >= 11 is 0. The van der Waals surface area contributed by atoms with Crippen LogP contribution in [0.25, 0.3) is 17.0 Å². The summed E-state index contributed by atoms with van der Waals surface area (Å²) in [5.41, 5.74) is 2.63. The lowest BCUT2D eigenvalue weighted by Crippen LogP contribution is -2.29. The number of benzene rings is 1. The van der Waals surface area contributed by atoms with E-state index in [-0.39, 0.29) is 11.9 Å². The van der Waals surface area contributed by atoms with E-state index in [9.17, 15) is 9.50 Å². The summed E-state index contributed by atoms with van der Waals surface area (Å²) in [6.45, 7) is 5.53. The maximum Gasteiger partial charge on any atom is 0.154 e. The standard InChI is InChI=1S/C28H33FN6O/c1-3-28(36,4-2)15-16-30-25-12-6-10-22(32-25)24-19-31-26-13-14-27(33-35(24)26)34-17-7-11-23(34)20-8-5-9-21(29)18-20/h5-6,8-10,12-14,18-19,23,36H,3-4,7,11,15-17H2,1-2H3,(H,30,32). The normalized spacial score (nSPS) is 16.1. The molecule has 1 unspecified atom stereocenters. The fourth-order valence-corrected chi connectivity index (χ4v) is 5.00. The Labute approximate surface area is 211 Å². The number of aliphatic hydroxyl groups is 1. The molecule has 1 aliphatic heterocycles. The van der Waals surface area contributed by atoms with Crippen LogP contribution in [-0.2, 0) is 0 Å². The number of nitrogens with one attached hydrogen (secondary N) is 1. The van der Waals surface area contributed by atoms with Gasteiger partial charge in [0, 0.05) is 13.1 Å². The van der Waals surface area contributed by atoms with Gasteiger partial charge in [-0.05, 0) is 74.1 Å². The third-order valence-electron chi connectivity index (χ3n) is 7.35. The minimum Gasteiger partial charge on any atom is -0.390 e. The van der Waals surface area contributed by atoms with E-state index in [1.54, 1.807) is 18.3 Å². The largest absolute Gasteiger partial charge is 0.390 e. The number of halogens is 1. The molecule has 188 valence electrons. The zero-order valence-corrected chi connectivity index (χ0v) is 20.9. The zero-order valence-electron chi connectivity index (χ0n) is 20.9. The van der Waals surface area contributed by atoms with Gasteiger partial charge in [0.15, 0.2) is 5.65 Å². The molecule has 2 N–H and O–H groups in total. The molecule has 0 spiro atoms. The average Bonchev–Trinajstić information content (AvgIpc) is 3.56. The van der Waals surface area contributed by atoms with Crippen molar-refractivity contribution in [2.45, 2.75) is 57.6 Å². The average molecular weight is 489 g/mol. The Kier molecular flexibility index (Phi) is 6.87. The molecule has 7 nitrogen and oxygen atoms in total. The second kappa shape index (κ2) is 10.2. The van der Waals surface area contributed by atoms with Crippen LogP contribution < -0.4 is 10.2 Å². The van der Waals surface area contributed by atoms with Gasteiger partial charge >= 0.3 is 0 Å². The molecule has 8 heteroatoms. The molecule has 3 aromatic heterocycles. The number of aromatic nitrogens is 4. The van der Waals surface area contributed by atoms with Gasteiger partial charge in [0.25, 0.3) is 0 Å². The smallest absolute Gasteiger partial charge is 0.154 e. The summed E-state index contributed by atoms with van der Waals surface area (Å²) in [5, 5.41) is 18.8. The number of fused-ring (bicyclic) bond motifs is 1. The Morgan fingerprint density at radius 2 is 1.94 bits per heavy atom. The van der Waals surface area contributed by atoms with E-state index in [0.29, 0.717) is 13.0 Å². The minimum atomic E-state index is -0.647. The second-order valence-corrected chi connectivity index (χ2v) is 9.53. The Bertz CT molecular complexity index is 1330. The van der Waals surface area contributed by atoms with E-state index in [2.05, 4.69) is 15.2 Å². The van der Waals surface area contributed by atoms with E-state index in [4.69, 9.17) is 10.1 Å². The van der Waals surface area contributed by atoms with Gasteiger partial charge in [-0.3, -0.25) is 0 Å². The molecule has 1 saturated heterocycles. The monoisotopic (exact) mass is 488 g/mol. The first-order chi connectivity index (χ1) is 17.5. The van der Waals surface area contributed by atoms with Crippen LogP contribution in [0.4, 0.5) is 16.0 Å². The highest BCUT2D eigenvalue weighted by Gasteiger charge is 2.28. The summed E-state index contributed by atoms with van der Waals surface area (Å²) in [6.07, 6.45) is 5.89. The van der Waals surface area contributed by atoms with Crippen molar-refractivity contribution in [1.82, 2.24) is 19.6 Å². The van der Waals surface area contributed by atoms with Crippen LogP contribution >= 0.6 is 0 Å². The molecule has 36 heavy (non-hydrogen) atoms. The predicted octanol–water partition coefficient (Wildman–Crippen LogP) is 5.63. The van der Waals surface area contributed by atoms with Crippen LogP contribution in [0, 0.1) is 5.82 Å². The highest BCUT2D eigenvalue weighted by atomic mass is 19.1. The quantitative estimate of drug-likeness (QED) is 0.318. The molecule has 1 aliphatic rings. The van der Waals surface area contributed by atoms with Crippen molar-refractivity contribution in [3.05, 3.63) is 72.2 Å². The third-order valence-corrected chi connectivity index (χ3v) is 7.35. The zero-order chi connectivity index (χ0) is 25.1. The lowest BCUT2D eigenvalue weighted by atomic mass is 9.93. The molecule has 0 bridgehead atoms. The van der Waals surface area contributed by atoms with Crippen molar-refractivity contribution >= 4 is 17.3 Å². The van der Waals surface area contributed by atoms with Crippen molar-refractivity contribution in [3.8, 4) is 11.4 Å². The summed E-state index contributed by atoms with van der Waals surface area (Å²) in [6, 6.07) is 16.7. The summed E-state index contributed by atoms with van der Waals surface area (Å²) < 4.78 is 15.7. The molecule has 1 aromatic carbocycles. The molecule has 0 saturated carbocycles. The summed E-state index contributed by atoms with van der Waals surface area (Å²) in [5.74, 6) is 1.37. The van der Waals surface area contributed by atoms with E-state index in [0.717, 1.165) is 66.5 Å². The maximum atomic E-state index is 13.9. The van der Waals surface area contributed by atoms with Crippen LogP contribution in [0.5, 0.6) is 0 Å². The van der Waals surface area contributed by atoms with Gasteiger partial charge in [0.2, 0.25) is 0 Å². The molecule has 4 aromatic rings. The molecule has 1 atom stereocenters. The van der Waals surface area contributed by atoms with Crippen LogP contribution in [0.1, 0.15) is 57.6 Å². The molecule has 0 amide bonds. The first-order valence-electron chi connectivity index (χ1n) is 12.8. The van der Waals surface area contributed by atoms with E-state index >= 15 is 0 Å². The first kappa shape index (κ1) is 24.2. The van der Waals surface area contributed by atoms with Crippen LogP contribution in [0.2, 0.25) is 0 Å². The van der Waals surface area contributed by atoms with Crippen molar-refractivity contribution in [3.63, 3.8) is 0 Å². The molecule has 1 fully saturated rings. The SMILES string of the molecule is CCC(O)(CC)CCNc1cccc(-c2cnc3ccc(N4CCCC4c4cccc(F)c4)nn23)n1. The second-order valence-electron chi connectivity index (χ2n) is 9.53. The molecule has 5 rings (SSSR count). The van der Waals surface area contributed by atoms with E-state index in [1.165, 1.54) is 6.07 Å². The van der Waals surface area contributed by atoms with E-state index < -0.39 is 5.60 Å². The number of anilines is 2. The van der Waals surface area contributed by atoms with Crippen molar-refractivity contribution < 1.29 is 9.50 Å². The Morgan fingerprint density at radius 3 is 2.75 bits per heavy atom. The fourth-order valence-electron chi connectivity index (χ4n) is 5.00. The number of nitrogens with zero attached hydrogens (tertiary/aromatic N) is 5. The number of imidazole rings is 1. The topological polar surface area (TPSA) is 78.6 Å². The molecular weight excluding hydrogens is 455 g/mol. The predicted molar refractivity (Wildman–Crippen MR) is 141 cm³/mol.